The number of carboxylic acids is 1. The minimum absolute atomic E-state index is 0.171. The molecule has 1 aromatic carbocycles. The van der Waals surface area contributed by atoms with Crippen LogP contribution in [0.3, 0.4) is 0 Å². The maximum atomic E-state index is 12.5. The lowest BCUT2D eigenvalue weighted by Crippen LogP contribution is -2.36. The number of nitrogens with zero attached hydrogens (tertiary/aromatic N) is 1. The largest absolute Gasteiger partial charge is 0.481 e. The van der Waals surface area contributed by atoms with Crippen molar-refractivity contribution >= 4 is 35.2 Å². The number of carbonyl (C=O) groups excluding carboxylic acids is 1. The molecule has 0 saturated carbocycles. The Hall–Kier alpha value is -1.20. The maximum Gasteiger partial charge on any atom is 0.308 e. The standard InChI is InChI=1S/C14H18ClNO3S/c1-4-16(8-9(2)14(18)19)13(17)11-7-10(20-3)5-6-12(11)15/h5-7,9H,4,8H2,1-3H3,(H,18,19). The lowest BCUT2D eigenvalue weighted by molar-refractivity contribution is -0.141. The molecule has 1 rings (SSSR count). The third kappa shape index (κ3) is 4.15. The van der Waals surface area contributed by atoms with E-state index >= 15 is 0 Å². The number of thioether (sulfide) groups is 1. The van der Waals surface area contributed by atoms with Crippen molar-refractivity contribution in [3.63, 3.8) is 0 Å². The first-order valence-electron chi connectivity index (χ1n) is 6.26. The number of benzene rings is 1. The molecule has 0 heterocycles. The molecule has 0 fully saturated rings. The van der Waals surface area contributed by atoms with Crippen LogP contribution in [0.1, 0.15) is 24.2 Å². The SMILES string of the molecule is CCN(CC(C)C(=O)O)C(=O)c1cc(SC)ccc1Cl. The van der Waals surface area contributed by atoms with Gasteiger partial charge >= 0.3 is 5.97 Å². The zero-order valence-electron chi connectivity index (χ0n) is 11.7. The van der Waals surface area contributed by atoms with Gasteiger partial charge in [0.1, 0.15) is 0 Å². The second kappa shape index (κ2) is 7.55. The molecule has 110 valence electrons. The number of carboxylic acid groups (broad SMARTS) is 1. The van der Waals surface area contributed by atoms with Crippen LogP contribution in [0.15, 0.2) is 23.1 Å². The molecule has 0 aliphatic heterocycles. The molecule has 0 aliphatic rings. The fourth-order valence-electron chi connectivity index (χ4n) is 1.73. The van der Waals surface area contributed by atoms with E-state index in [-0.39, 0.29) is 12.5 Å². The van der Waals surface area contributed by atoms with E-state index in [1.54, 1.807) is 19.1 Å². The molecule has 1 aromatic rings. The predicted octanol–water partition coefficient (Wildman–Crippen LogP) is 3.24. The van der Waals surface area contributed by atoms with Crippen molar-refractivity contribution in [2.45, 2.75) is 18.7 Å². The number of rotatable bonds is 6. The summed E-state index contributed by atoms with van der Waals surface area (Å²) >= 11 is 7.60. The molecule has 1 amide bonds. The molecular formula is C14H18ClNO3S. The van der Waals surface area contributed by atoms with Gasteiger partial charge in [-0.2, -0.15) is 0 Å². The topological polar surface area (TPSA) is 57.6 Å². The third-order valence-electron chi connectivity index (χ3n) is 2.99. The van der Waals surface area contributed by atoms with E-state index in [0.29, 0.717) is 17.1 Å². The van der Waals surface area contributed by atoms with Gasteiger partial charge in [0.2, 0.25) is 0 Å². The second-order valence-corrected chi connectivity index (χ2v) is 5.72. The fourth-order valence-corrected chi connectivity index (χ4v) is 2.37. The van der Waals surface area contributed by atoms with Gasteiger partial charge in [0.25, 0.3) is 5.91 Å². The summed E-state index contributed by atoms with van der Waals surface area (Å²) < 4.78 is 0. The van der Waals surface area contributed by atoms with E-state index in [0.717, 1.165) is 4.90 Å². The predicted molar refractivity (Wildman–Crippen MR) is 81.6 cm³/mol. The Morgan fingerprint density at radius 3 is 2.60 bits per heavy atom. The van der Waals surface area contributed by atoms with Crippen molar-refractivity contribution in [3.8, 4) is 0 Å². The summed E-state index contributed by atoms with van der Waals surface area (Å²) in [5, 5.41) is 9.33. The van der Waals surface area contributed by atoms with Gasteiger partial charge in [0.05, 0.1) is 16.5 Å². The minimum Gasteiger partial charge on any atom is -0.481 e. The molecule has 1 atom stereocenters. The lowest BCUT2D eigenvalue weighted by Gasteiger charge is -2.23. The number of carbonyl (C=O) groups is 2. The van der Waals surface area contributed by atoms with E-state index in [4.69, 9.17) is 16.7 Å². The highest BCUT2D eigenvalue weighted by molar-refractivity contribution is 7.98. The summed E-state index contributed by atoms with van der Waals surface area (Å²) in [5.41, 5.74) is 0.415. The van der Waals surface area contributed by atoms with Gasteiger partial charge < -0.3 is 10.0 Å². The number of hydrogen-bond acceptors (Lipinski definition) is 3. The smallest absolute Gasteiger partial charge is 0.308 e. The highest BCUT2D eigenvalue weighted by Crippen LogP contribution is 2.24. The highest BCUT2D eigenvalue weighted by atomic mass is 35.5. The summed E-state index contributed by atoms with van der Waals surface area (Å²) in [4.78, 5) is 25.8. The van der Waals surface area contributed by atoms with Gasteiger partial charge in [0, 0.05) is 18.0 Å². The summed E-state index contributed by atoms with van der Waals surface area (Å²) in [6.07, 6.45) is 1.92. The molecule has 1 unspecified atom stereocenters. The van der Waals surface area contributed by atoms with Gasteiger partial charge in [-0.3, -0.25) is 9.59 Å². The fraction of sp³-hybridized carbons (Fsp3) is 0.429. The van der Waals surface area contributed by atoms with Crippen LogP contribution in [-0.2, 0) is 4.79 Å². The zero-order valence-corrected chi connectivity index (χ0v) is 13.3. The van der Waals surface area contributed by atoms with Crippen LogP contribution in [0, 0.1) is 5.92 Å². The molecule has 0 bridgehead atoms. The van der Waals surface area contributed by atoms with Gasteiger partial charge in [0.15, 0.2) is 0 Å². The molecule has 0 spiro atoms. The quantitative estimate of drug-likeness (QED) is 0.819. The Bertz CT molecular complexity index is 507. The monoisotopic (exact) mass is 315 g/mol. The van der Waals surface area contributed by atoms with Crippen molar-refractivity contribution in [1.29, 1.82) is 0 Å². The van der Waals surface area contributed by atoms with Gasteiger partial charge in [-0.05, 0) is 31.4 Å². The van der Waals surface area contributed by atoms with Crippen LogP contribution in [0.4, 0.5) is 0 Å². The molecular weight excluding hydrogens is 298 g/mol. The molecule has 4 nitrogen and oxygen atoms in total. The number of amides is 1. The van der Waals surface area contributed by atoms with Crippen molar-refractivity contribution in [3.05, 3.63) is 28.8 Å². The average molecular weight is 316 g/mol. The average Bonchev–Trinajstić information content (AvgIpc) is 2.44. The lowest BCUT2D eigenvalue weighted by atomic mass is 10.1. The Labute approximate surface area is 128 Å². The number of hydrogen-bond donors (Lipinski definition) is 1. The van der Waals surface area contributed by atoms with E-state index < -0.39 is 11.9 Å². The number of halogens is 1. The molecule has 20 heavy (non-hydrogen) atoms. The van der Waals surface area contributed by atoms with Crippen LogP contribution in [0.25, 0.3) is 0 Å². The first-order chi connectivity index (χ1) is 9.40. The molecule has 0 saturated heterocycles. The first-order valence-corrected chi connectivity index (χ1v) is 7.86. The molecule has 0 aliphatic carbocycles. The normalized spacial score (nSPS) is 12.0. The Morgan fingerprint density at radius 2 is 2.10 bits per heavy atom. The Balaban J connectivity index is 2.99. The van der Waals surface area contributed by atoms with Crippen LogP contribution in [0.2, 0.25) is 5.02 Å². The molecule has 0 radical (unpaired) electrons. The summed E-state index contributed by atoms with van der Waals surface area (Å²) in [5.74, 6) is -1.76. The van der Waals surface area contributed by atoms with Crippen molar-refractivity contribution in [2.24, 2.45) is 5.92 Å². The van der Waals surface area contributed by atoms with Crippen molar-refractivity contribution < 1.29 is 14.7 Å². The zero-order chi connectivity index (χ0) is 15.3. The van der Waals surface area contributed by atoms with E-state index in [2.05, 4.69) is 0 Å². The summed E-state index contributed by atoms with van der Waals surface area (Å²) in [6.45, 7) is 4.01. The number of aliphatic carboxylic acids is 1. The molecule has 6 heteroatoms. The van der Waals surface area contributed by atoms with Crippen LogP contribution >= 0.6 is 23.4 Å². The second-order valence-electron chi connectivity index (χ2n) is 4.43. The van der Waals surface area contributed by atoms with Gasteiger partial charge in [-0.1, -0.05) is 18.5 Å². The minimum atomic E-state index is -0.916. The molecule has 0 aromatic heterocycles. The summed E-state index contributed by atoms with van der Waals surface area (Å²) in [6, 6.07) is 5.28. The Morgan fingerprint density at radius 1 is 1.45 bits per heavy atom. The highest BCUT2D eigenvalue weighted by Gasteiger charge is 2.22. The van der Waals surface area contributed by atoms with Gasteiger partial charge in [-0.15, -0.1) is 11.8 Å². The maximum absolute atomic E-state index is 12.5. The van der Waals surface area contributed by atoms with E-state index in [1.807, 2.05) is 19.2 Å². The van der Waals surface area contributed by atoms with Crippen LogP contribution < -0.4 is 0 Å². The molecule has 1 N–H and O–H groups in total. The Kier molecular flexibility index (Phi) is 6.36. The van der Waals surface area contributed by atoms with Crippen LogP contribution in [0.5, 0.6) is 0 Å². The third-order valence-corrected chi connectivity index (χ3v) is 4.04. The van der Waals surface area contributed by atoms with E-state index in [1.165, 1.54) is 16.7 Å². The first kappa shape index (κ1) is 16.9. The summed E-state index contributed by atoms with van der Waals surface area (Å²) in [7, 11) is 0. The van der Waals surface area contributed by atoms with Crippen molar-refractivity contribution in [1.82, 2.24) is 4.90 Å². The van der Waals surface area contributed by atoms with Crippen molar-refractivity contribution in [2.75, 3.05) is 19.3 Å². The van der Waals surface area contributed by atoms with Crippen LogP contribution in [-0.4, -0.2) is 41.2 Å². The van der Waals surface area contributed by atoms with Gasteiger partial charge in [-0.25, -0.2) is 0 Å². The van der Waals surface area contributed by atoms with E-state index in [9.17, 15) is 9.59 Å².